The van der Waals surface area contributed by atoms with Crippen LogP contribution in [-0.2, 0) is 15.0 Å². The molecule has 1 aliphatic rings. The number of rotatable bonds is 10. The lowest BCUT2D eigenvalue weighted by Crippen LogP contribution is -2.38. The van der Waals surface area contributed by atoms with Gasteiger partial charge in [0, 0.05) is 18.7 Å². The molecule has 2 aromatic rings. The number of carbonyl (C=O) groups excluding carboxylic acids is 2. The summed E-state index contributed by atoms with van der Waals surface area (Å²) in [6, 6.07) is 14.4. The van der Waals surface area contributed by atoms with Crippen molar-refractivity contribution < 1.29 is 19.4 Å². The van der Waals surface area contributed by atoms with Gasteiger partial charge in [0.25, 0.3) is 11.7 Å². The lowest BCUT2D eigenvalue weighted by molar-refractivity contribution is -0.140. The minimum Gasteiger partial charge on any atom is -0.507 e. The first-order valence-electron chi connectivity index (χ1n) is 13.0. The van der Waals surface area contributed by atoms with Crippen LogP contribution in [0.25, 0.3) is 5.76 Å². The van der Waals surface area contributed by atoms with Crippen molar-refractivity contribution in [2.24, 2.45) is 0 Å². The third-order valence-corrected chi connectivity index (χ3v) is 6.78. The van der Waals surface area contributed by atoms with E-state index in [9.17, 15) is 14.7 Å². The molecule has 194 valence electrons. The van der Waals surface area contributed by atoms with Gasteiger partial charge in [0.1, 0.15) is 11.5 Å². The lowest BCUT2D eigenvalue weighted by Gasteiger charge is -2.28. The molecule has 0 aromatic heterocycles. The van der Waals surface area contributed by atoms with E-state index in [0.717, 1.165) is 30.6 Å². The number of Topliss-reactive ketones (excluding diaryl/α,β-unsaturated/α-hetero) is 1. The molecule has 1 amide bonds. The van der Waals surface area contributed by atoms with Gasteiger partial charge in [-0.1, -0.05) is 65.8 Å². The first-order valence-corrected chi connectivity index (χ1v) is 13.0. The van der Waals surface area contributed by atoms with Gasteiger partial charge in [0.2, 0.25) is 0 Å². The van der Waals surface area contributed by atoms with Crippen LogP contribution < -0.4 is 4.74 Å². The summed E-state index contributed by atoms with van der Waals surface area (Å²) in [6.45, 7) is 16.0. The molecule has 0 bridgehead atoms. The Hall–Kier alpha value is -3.12. The highest BCUT2D eigenvalue weighted by atomic mass is 16.5. The summed E-state index contributed by atoms with van der Waals surface area (Å²) in [6.07, 6.45) is 0.896. The Morgan fingerprint density at radius 1 is 0.972 bits per heavy atom. The monoisotopic (exact) mass is 492 g/mol. The van der Waals surface area contributed by atoms with Crippen molar-refractivity contribution >= 4 is 17.4 Å². The summed E-state index contributed by atoms with van der Waals surface area (Å²) in [4.78, 5) is 30.3. The van der Waals surface area contributed by atoms with E-state index >= 15 is 0 Å². The third-order valence-electron chi connectivity index (χ3n) is 6.78. The van der Waals surface area contributed by atoms with E-state index in [-0.39, 0.29) is 16.7 Å². The summed E-state index contributed by atoms with van der Waals surface area (Å²) >= 11 is 0. The third kappa shape index (κ3) is 5.98. The van der Waals surface area contributed by atoms with Gasteiger partial charge in [-0.25, -0.2) is 0 Å². The van der Waals surface area contributed by atoms with E-state index in [1.165, 1.54) is 0 Å². The standard InChI is InChI=1S/C30H40N2O4/c1-7-20-36-24-16-12-22(13-17-24)27(33)25-26(21-10-14-23(15-11-21)30(4,5)6)32(29(35)28(25)34)19-18-31(8-2)9-3/h10-17,26,33H,7-9,18-20H2,1-6H3/b27-25-. The zero-order valence-corrected chi connectivity index (χ0v) is 22.5. The number of likely N-dealkylation sites (N-methyl/N-ethyl adjacent to an activating group) is 1. The van der Waals surface area contributed by atoms with Crippen LogP contribution in [0.15, 0.2) is 54.1 Å². The highest BCUT2D eigenvalue weighted by Crippen LogP contribution is 2.40. The molecule has 6 heteroatoms. The predicted octanol–water partition coefficient (Wildman–Crippen LogP) is 5.54. The maximum atomic E-state index is 13.3. The molecule has 1 N–H and O–H groups in total. The number of aliphatic hydroxyl groups excluding tert-OH is 1. The second kappa shape index (κ2) is 11.7. The van der Waals surface area contributed by atoms with Crippen LogP contribution >= 0.6 is 0 Å². The van der Waals surface area contributed by atoms with E-state index in [1.54, 1.807) is 29.2 Å². The molecule has 3 rings (SSSR count). The number of likely N-dealkylation sites (tertiary alicyclic amines) is 1. The molecular weight excluding hydrogens is 452 g/mol. The van der Waals surface area contributed by atoms with E-state index in [0.29, 0.717) is 31.0 Å². The fourth-order valence-corrected chi connectivity index (χ4v) is 4.50. The highest BCUT2D eigenvalue weighted by molar-refractivity contribution is 6.46. The van der Waals surface area contributed by atoms with Gasteiger partial charge in [-0.3, -0.25) is 9.59 Å². The molecule has 0 spiro atoms. The Bertz CT molecular complexity index is 1080. The molecule has 2 aromatic carbocycles. The number of hydrogen-bond acceptors (Lipinski definition) is 5. The maximum absolute atomic E-state index is 13.3. The van der Waals surface area contributed by atoms with Crippen molar-refractivity contribution in [2.75, 3.05) is 32.8 Å². The fraction of sp³-hybridized carbons (Fsp3) is 0.467. The second-order valence-electron chi connectivity index (χ2n) is 10.3. The van der Waals surface area contributed by atoms with Crippen molar-refractivity contribution in [3.63, 3.8) is 0 Å². The van der Waals surface area contributed by atoms with Crippen LogP contribution in [-0.4, -0.2) is 59.4 Å². The largest absolute Gasteiger partial charge is 0.507 e. The number of hydrogen-bond donors (Lipinski definition) is 1. The number of nitrogens with zero attached hydrogens (tertiary/aromatic N) is 2. The van der Waals surface area contributed by atoms with Gasteiger partial charge in [0.05, 0.1) is 18.2 Å². The average molecular weight is 493 g/mol. The molecule has 6 nitrogen and oxygen atoms in total. The van der Waals surface area contributed by atoms with Crippen LogP contribution in [0.5, 0.6) is 5.75 Å². The SMILES string of the molecule is CCCOc1ccc(/C(O)=C2/C(=O)C(=O)N(CCN(CC)CC)C2c2ccc(C(C)(C)C)cc2)cc1. The fourth-order valence-electron chi connectivity index (χ4n) is 4.50. The molecule has 1 saturated heterocycles. The first kappa shape index (κ1) is 27.5. The molecule has 1 unspecified atom stereocenters. The molecule has 0 saturated carbocycles. The van der Waals surface area contributed by atoms with E-state index in [2.05, 4.69) is 39.5 Å². The molecule has 1 heterocycles. The Balaban J connectivity index is 2.05. The van der Waals surface area contributed by atoms with E-state index in [4.69, 9.17) is 4.74 Å². The summed E-state index contributed by atoms with van der Waals surface area (Å²) < 4.78 is 5.64. The Kier molecular flexibility index (Phi) is 8.96. The summed E-state index contributed by atoms with van der Waals surface area (Å²) in [7, 11) is 0. The number of carbonyl (C=O) groups is 2. The summed E-state index contributed by atoms with van der Waals surface area (Å²) in [5, 5.41) is 11.3. The molecule has 0 aliphatic carbocycles. The van der Waals surface area contributed by atoms with Crippen LogP contribution in [0.3, 0.4) is 0 Å². The van der Waals surface area contributed by atoms with Crippen molar-refractivity contribution in [2.45, 2.75) is 59.4 Å². The minimum absolute atomic E-state index is 0.0231. The zero-order valence-electron chi connectivity index (χ0n) is 22.5. The number of amides is 1. The van der Waals surface area contributed by atoms with Crippen LogP contribution in [0.1, 0.15) is 70.7 Å². The van der Waals surface area contributed by atoms with Gasteiger partial charge < -0.3 is 19.6 Å². The molecule has 0 radical (unpaired) electrons. The molecule has 36 heavy (non-hydrogen) atoms. The van der Waals surface area contributed by atoms with Crippen molar-refractivity contribution in [1.82, 2.24) is 9.80 Å². The Labute approximate surface area is 215 Å². The van der Waals surface area contributed by atoms with Crippen LogP contribution in [0.4, 0.5) is 0 Å². The second-order valence-corrected chi connectivity index (χ2v) is 10.3. The molecule has 1 fully saturated rings. The Morgan fingerprint density at radius 2 is 1.58 bits per heavy atom. The number of benzene rings is 2. The number of ketones is 1. The lowest BCUT2D eigenvalue weighted by atomic mass is 9.85. The van der Waals surface area contributed by atoms with E-state index in [1.807, 2.05) is 31.2 Å². The van der Waals surface area contributed by atoms with E-state index < -0.39 is 17.7 Å². The van der Waals surface area contributed by atoms with Crippen molar-refractivity contribution in [1.29, 1.82) is 0 Å². The molecule has 1 atom stereocenters. The zero-order chi connectivity index (χ0) is 26.5. The highest BCUT2D eigenvalue weighted by Gasteiger charge is 2.46. The van der Waals surface area contributed by atoms with Gasteiger partial charge in [-0.05, 0) is 60.3 Å². The Morgan fingerprint density at radius 3 is 2.11 bits per heavy atom. The maximum Gasteiger partial charge on any atom is 0.295 e. The van der Waals surface area contributed by atoms with Crippen LogP contribution in [0, 0.1) is 0 Å². The number of aliphatic hydroxyl groups is 1. The van der Waals surface area contributed by atoms with Crippen LogP contribution in [0.2, 0.25) is 0 Å². The van der Waals surface area contributed by atoms with Gasteiger partial charge in [0.15, 0.2) is 0 Å². The summed E-state index contributed by atoms with van der Waals surface area (Å²) in [5.41, 5.74) is 2.56. The minimum atomic E-state index is -0.650. The van der Waals surface area contributed by atoms with Gasteiger partial charge in [-0.2, -0.15) is 0 Å². The predicted molar refractivity (Wildman–Crippen MR) is 144 cm³/mol. The number of ether oxygens (including phenoxy) is 1. The average Bonchev–Trinajstić information content (AvgIpc) is 3.12. The quantitative estimate of drug-likeness (QED) is 0.268. The first-order chi connectivity index (χ1) is 17.1. The van der Waals surface area contributed by atoms with Crippen molar-refractivity contribution in [3.8, 4) is 5.75 Å². The normalized spacial score (nSPS) is 17.8. The smallest absolute Gasteiger partial charge is 0.295 e. The summed E-state index contributed by atoms with van der Waals surface area (Å²) in [5.74, 6) is -0.687. The van der Waals surface area contributed by atoms with Gasteiger partial charge >= 0.3 is 0 Å². The van der Waals surface area contributed by atoms with Crippen molar-refractivity contribution in [3.05, 3.63) is 70.8 Å². The van der Waals surface area contributed by atoms with Gasteiger partial charge in [-0.15, -0.1) is 0 Å². The topological polar surface area (TPSA) is 70.1 Å². The molecule has 1 aliphatic heterocycles. The molecular formula is C30H40N2O4.